The summed E-state index contributed by atoms with van der Waals surface area (Å²) in [4.78, 5) is 10.9. The molecule has 0 radical (unpaired) electrons. The number of halogens is 2. The molecule has 0 saturated heterocycles. The van der Waals surface area contributed by atoms with Crippen LogP contribution in [0.4, 0.5) is 8.78 Å². The molecule has 6 nitrogen and oxygen atoms in total. The highest BCUT2D eigenvalue weighted by atomic mass is 19.1. The number of tetrazole rings is 1. The van der Waals surface area contributed by atoms with Crippen molar-refractivity contribution in [2.45, 2.75) is 18.8 Å². The third-order valence-electron chi connectivity index (χ3n) is 2.93. The van der Waals surface area contributed by atoms with Gasteiger partial charge in [0.25, 0.3) is 0 Å². The lowest BCUT2D eigenvalue weighted by Crippen LogP contribution is -2.09. The third-order valence-corrected chi connectivity index (χ3v) is 2.93. The Morgan fingerprint density at radius 1 is 1.32 bits per heavy atom. The second-order valence-electron chi connectivity index (χ2n) is 4.31. The van der Waals surface area contributed by atoms with Gasteiger partial charge in [-0.1, -0.05) is 0 Å². The van der Waals surface area contributed by atoms with Crippen LogP contribution >= 0.6 is 0 Å². The van der Waals surface area contributed by atoms with Gasteiger partial charge in [0.1, 0.15) is 11.5 Å². The number of hydrogen-bond acceptors (Lipinski definition) is 4. The van der Waals surface area contributed by atoms with Crippen LogP contribution in [0, 0.1) is 11.6 Å². The second kappa shape index (κ2) is 4.08. The summed E-state index contributed by atoms with van der Waals surface area (Å²) in [5, 5.41) is 19.7. The van der Waals surface area contributed by atoms with E-state index >= 15 is 0 Å². The maximum absolute atomic E-state index is 13.8. The van der Waals surface area contributed by atoms with Gasteiger partial charge in [-0.05, 0) is 29.3 Å². The molecular weight excluding hydrogens is 258 g/mol. The summed E-state index contributed by atoms with van der Waals surface area (Å²) in [5.41, 5.74) is -0.778. The van der Waals surface area contributed by atoms with Crippen LogP contribution in [0.25, 0.3) is 5.69 Å². The van der Waals surface area contributed by atoms with E-state index in [-0.39, 0.29) is 11.6 Å². The number of aromatic carboxylic acids is 1. The summed E-state index contributed by atoms with van der Waals surface area (Å²) in [6.45, 7) is 0. The fourth-order valence-electron chi connectivity index (χ4n) is 1.83. The number of aromatic nitrogens is 4. The van der Waals surface area contributed by atoms with E-state index in [0.29, 0.717) is 11.9 Å². The summed E-state index contributed by atoms with van der Waals surface area (Å²) < 4.78 is 28.2. The first-order valence-corrected chi connectivity index (χ1v) is 5.59. The SMILES string of the molecule is O=C(O)c1cc(-n2nnnc2C2CC2)c(F)cc1F. The van der Waals surface area contributed by atoms with Crippen LogP contribution in [0.3, 0.4) is 0 Å². The smallest absolute Gasteiger partial charge is 0.338 e. The Morgan fingerprint density at radius 3 is 2.68 bits per heavy atom. The molecule has 3 rings (SSSR count). The largest absolute Gasteiger partial charge is 0.478 e. The van der Waals surface area contributed by atoms with Gasteiger partial charge < -0.3 is 5.11 Å². The Labute approximate surface area is 105 Å². The number of carboxylic acid groups (broad SMARTS) is 1. The molecule has 0 unspecified atom stereocenters. The molecular formula is C11H8F2N4O2. The van der Waals surface area contributed by atoms with Crippen LogP contribution < -0.4 is 0 Å². The molecule has 1 aromatic heterocycles. The summed E-state index contributed by atoms with van der Waals surface area (Å²) in [6.07, 6.45) is 1.80. The first-order chi connectivity index (χ1) is 9.08. The van der Waals surface area contributed by atoms with Crippen LogP contribution in [-0.2, 0) is 0 Å². The maximum atomic E-state index is 13.8. The highest BCUT2D eigenvalue weighted by molar-refractivity contribution is 5.88. The van der Waals surface area contributed by atoms with Gasteiger partial charge in [0.15, 0.2) is 11.6 Å². The highest BCUT2D eigenvalue weighted by Gasteiger charge is 2.31. The van der Waals surface area contributed by atoms with Crippen LogP contribution in [0.1, 0.15) is 34.9 Å². The molecule has 0 amide bonds. The minimum Gasteiger partial charge on any atom is -0.478 e. The molecule has 1 aliphatic rings. The van der Waals surface area contributed by atoms with Crippen molar-refractivity contribution < 1.29 is 18.7 Å². The second-order valence-corrected chi connectivity index (χ2v) is 4.31. The van der Waals surface area contributed by atoms with Crippen molar-refractivity contribution in [3.8, 4) is 5.69 Å². The third kappa shape index (κ3) is 1.94. The van der Waals surface area contributed by atoms with Crippen molar-refractivity contribution in [3.05, 3.63) is 35.2 Å². The van der Waals surface area contributed by atoms with Gasteiger partial charge in [-0.15, -0.1) is 5.10 Å². The molecule has 98 valence electrons. The van der Waals surface area contributed by atoms with Crippen LogP contribution in [-0.4, -0.2) is 31.3 Å². The van der Waals surface area contributed by atoms with E-state index in [2.05, 4.69) is 15.5 Å². The van der Waals surface area contributed by atoms with Gasteiger partial charge in [0, 0.05) is 12.0 Å². The Hall–Kier alpha value is -2.38. The van der Waals surface area contributed by atoms with Crippen LogP contribution in [0.15, 0.2) is 12.1 Å². The Kier molecular flexibility index (Phi) is 2.51. The molecule has 1 heterocycles. The molecule has 1 aliphatic carbocycles. The summed E-state index contributed by atoms with van der Waals surface area (Å²) >= 11 is 0. The van der Waals surface area contributed by atoms with Crippen molar-refractivity contribution >= 4 is 5.97 Å². The Balaban J connectivity index is 2.16. The van der Waals surface area contributed by atoms with Gasteiger partial charge in [0.05, 0.1) is 5.56 Å². The lowest BCUT2D eigenvalue weighted by atomic mass is 10.1. The monoisotopic (exact) mass is 266 g/mol. The number of benzene rings is 1. The minimum atomic E-state index is -1.47. The quantitative estimate of drug-likeness (QED) is 0.910. The molecule has 2 aromatic rings. The summed E-state index contributed by atoms with van der Waals surface area (Å²) in [6, 6.07) is 1.42. The molecule has 1 N–H and O–H groups in total. The number of rotatable bonds is 3. The van der Waals surface area contributed by atoms with Crippen molar-refractivity contribution in [1.82, 2.24) is 20.2 Å². The van der Waals surface area contributed by atoms with Crippen molar-refractivity contribution in [2.24, 2.45) is 0 Å². The first-order valence-electron chi connectivity index (χ1n) is 5.59. The minimum absolute atomic E-state index is 0.146. The fraction of sp³-hybridized carbons (Fsp3) is 0.273. The predicted octanol–water partition coefficient (Wildman–Crippen LogP) is 1.52. The van der Waals surface area contributed by atoms with Gasteiger partial charge in [-0.2, -0.15) is 4.68 Å². The summed E-state index contributed by atoms with van der Waals surface area (Å²) in [5.74, 6) is -2.90. The molecule has 0 atom stereocenters. The lowest BCUT2D eigenvalue weighted by molar-refractivity contribution is 0.0691. The maximum Gasteiger partial charge on any atom is 0.338 e. The van der Waals surface area contributed by atoms with E-state index in [1.807, 2.05) is 0 Å². The number of hydrogen-bond donors (Lipinski definition) is 1. The summed E-state index contributed by atoms with van der Waals surface area (Å²) in [7, 11) is 0. The molecule has 0 bridgehead atoms. The highest BCUT2D eigenvalue weighted by Crippen LogP contribution is 2.39. The predicted molar refractivity (Wildman–Crippen MR) is 58.0 cm³/mol. The lowest BCUT2D eigenvalue weighted by Gasteiger charge is -2.07. The number of nitrogens with zero attached hydrogens (tertiary/aromatic N) is 4. The molecule has 8 heteroatoms. The molecule has 19 heavy (non-hydrogen) atoms. The van der Waals surface area contributed by atoms with E-state index in [9.17, 15) is 13.6 Å². The standard InChI is InChI=1S/C11H8F2N4O2/c12-7-4-8(13)9(3-6(7)11(18)19)17-10(5-1-2-5)14-15-16-17/h3-5H,1-2H2,(H,18,19). The van der Waals surface area contributed by atoms with Gasteiger partial charge in [-0.25, -0.2) is 13.6 Å². The van der Waals surface area contributed by atoms with Crippen molar-refractivity contribution in [2.75, 3.05) is 0 Å². The van der Waals surface area contributed by atoms with E-state index in [0.717, 1.165) is 23.6 Å². The van der Waals surface area contributed by atoms with Gasteiger partial charge in [-0.3, -0.25) is 0 Å². The van der Waals surface area contributed by atoms with E-state index in [4.69, 9.17) is 5.11 Å². The van der Waals surface area contributed by atoms with Crippen LogP contribution in [0.5, 0.6) is 0 Å². The Morgan fingerprint density at radius 2 is 2.05 bits per heavy atom. The van der Waals surface area contributed by atoms with E-state index < -0.39 is 23.2 Å². The average molecular weight is 266 g/mol. The van der Waals surface area contributed by atoms with Crippen molar-refractivity contribution in [3.63, 3.8) is 0 Å². The zero-order valence-corrected chi connectivity index (χ0v) is 9.55. The average Bonchev–Trinajstić information content (AvgIpc) is 3.08. The number of carboxylic acids is 1. The topological polar surface area (TPSA) is 80.9 Å². The van der Waals surface area contributed by atoms with Crippen LogP contribution in [0.2, 0.25) is 0 Å². The van der Waals surface area contributed by atoms with Gasteiger partial charge in [0.2, 0.25) is 0 Å². The fourth-order valence-corrected chi connectivity index (χ4v) is 1.83. The normalized spacial score (nSPS) is 14.6. The zero-order valence-electron chi connectivity index (χ0n) is 9.55. The van der Waals surface area contributed by atoms with Crippen molar-refractivity contribution in [1.29, 1.82) is 0 Å². The Bertz CT molecular complexity index is 667. The first kappa shape index (κ1) is 11.7. The molecule has 0 spiro atoms. The molecule has 1 fully saturated rings. The number of carbonyl (C=O) groups is 1. The van der Waals surface area contributed by atoms with E-state index in [1.165, 1.54) is 0 Å². The van der Waals surface area contributed by atoms with E-state index in [1.54, 1.807) is 0 Å². The molecule has 0 aliphatic heterocycles. The molecule has 1 saturated carbocycles. The zero-order chi connectivity index (χ0) is 13.6. The van der Waals surface area contributed by atoms with Gasteiger partial charge >= 0.3 is 5.97 Å². The molecule has 1 aromatic carbocycles.